The third-order valence-corrected chi connectivity index (χ3v) is 3.99. The molecule has 3 nitrogen and oxygen atoms in total. The van der Waals surface area contributed by atoms with Crippen LogP contribution in [0.1, 0.15) is 5.56 Å². The molecule has 0 saturated carbocycles. The summed E-state index contributed by atoms with van der Waals surface area (Å²) in [6, 6.07) is 13.4. The monoisotopic (exact) mass is 362 g/mol. The van der Waals surface area contributed by atoms with Gasteiger partial charge in [0.15, 0.2) is 11.6 Å². The van der Waals surface area contributed by atoms with Gasteiger partial charge < -0.3 is 10.3 Å². The molecule has 1 heterocycles. The molecule has 0 aliphatic carbocycles. The Morgan fingerprint density at radius 3 is 2.71 bits per heavy atom. The second-order valence-electron chi connectivity index (χ2n) is 4.74. The average Bonchev–Trinajstić information content (AvgIpc) is 2.80. The highest BCUT2D eigenvalue weighted by Gasteiger charge is 2.19. The number of anilines is 1. The van der Waals surface area contributed by atoms with Crippen LogP contribution < -0.4 is 5.73 Å². The molecule has 5 heteroatoms. The van der Waals surface area contributed by atoms with Gasteiger partial charge in [0.1, 0.15) is 0 Å². The number of aryl methyl sites for hydroxylation is 1. The van der Waals surface area contributed by atoms with Crippen molar-refractivity contribution in [2.24, 2.45) is 0 Å². The Morgan fingerprint density at radius 2 is 2.00 bits per heavy atom. The summed E-state index contributed by atoms with van der Waals surface area (Å²) >= 11 is 9.53. The average molecular weight is 364 g/mol. The molecule has 0 spiro atoms. The van der Waals surface area contributed by atoms with Gasteiger partial charge in [-0.1, -0.05) is 44.8 Å². The molecule has 106 valence electrons. The molecule has 0 radical (unpaired) electrons. The number of halogens is 2. The van der Waals surface area contributed by atoms with E-state index in [0.29, 0.717) is 16.6 Å². The summed E-state index contributed by atoms with van der Waals surface area (Å²) in [4.78, 5) is 0. The third-order valence-electron chi connectivity index (χ3n) is 3.26. The van der Waals surface area contributed by atoms with E-state index in [1.165, 1.54) is 0 Å². The van der Waals surface area contributed by atoms with Gasteiger partial charge in [-0.3, -0.25) is 0 Å². The number of nitrogen functional groups attached to an aromatic ring is 1. The summed E-state index contributed by atoms with van der Waals surface area (Å²) in [6.45, 7) is 2.01. The number of benzene rings is 2. The number of hydrogen-bond donors (Lipinski definition) is 1. The second kappa shape index (κ2) is 5.54. The van der Waals surface area contributed by atoms with Crippen molar-refractivity contribution < 1.29 is 4.52 Å². The second-order valence-corrected chi connectivity index (χ2v) is 6.09. The number of nitrogens with zero attached hydrogens (tertiary/aromatic N) is 1. The lowest BCUT2D eigenvalue weighted by molar-refractivity contribution is 0.436. The van der Waals surface area contributed by atoms with Crippen LogP contribution in [-0.4, -0.2) is 5.16 Å². The van der Waals surface area contributed by atoms with Crippen molar-refractivity contribution in [2.45, 2.75) is 6.92 Å². The van der Waals surface area contributed by atoms with Crippen molar-refractivity contribution >= 4 is 33.3 Å². The molecular formula is C16H12BrClN2O. The number of hydrogen-bond acceptors (Lipinski definition) is 3. The molecule has 1 aromatic heterocycles. The van der Waals surface area contributed by atoms with E-state index in [1.54, 1.807) is 0 Å². The highest BCUT2D eigenvalue weighted by molar-refractivity contribution is 9.10. The predicted octanol–water partition coefficient (Wildman–Crippen LogP) is 5.32. The molecule has 3 aromatic rings. The number of nitrogens with two attached hydrogens (primary N) is 1. The zero-order valence-corrected chi connectivity index (χ0v) is 13.6. The highest BCUT2D eigenvalue weighted by atomic mass is 79.9. The van der Waals surface area contributed by atoms with Crippen LogP contribution in [0.15, 0.2) is 51.5 Å². The Balaban J connectivity index is 2.22. The maximum absolute atomic E-state index is 6.07. The summed E-state index contributed by atoms with van der Waals surface area (Å²) in [5, 5.41) is 4.56. The van der Waals surface area contributed by atoms with E-state index in [9.17, 15) is 0 Å². The van der Waals surface area contributed by atoms with Crippen LogP contribution in [0.2, 0.25) is 5.02 Å². The van der Waals surface area contributed by atoms with Crippen LogP contribution in [-0.2, 0) is 0 Å². The Bertz CT molecular complexity index is 814. The maximum atomic E-state index is 6.07. The molecule has 0 amide bonds. The van der Waals surface area contributed by atoms with Crippen molar-refractivity contribution in [3.63, 3.8) is 0 Å². The lowest BCUT2D eigenvalue weighted by Crippen LogP contribution is -1.90. The van der Waals surface area contributed by atoms with Gasteiger partial charge in [-0.05, 0) is 48.4 Å². The van der Waals surface area contributed by atoms with Crippen LogP contribution in [0.25, 0.3) is 22.5 Å². The van der Waals surface area contributed by atoms with Crippen molar-refractivity contribution in [2.75, 3.05) is 5.73 Å². The Hall–Kier alpha value is -1.78. The first-order valence-corrected chi connectivity index (χ1v) is 7.51. The molecule has 0 aliphatic rings. The van der Waals surface area contributed by atoms with Gasteiger partial charge in [-0.15, -0.1) is 0 Å². The van der Waals surface area contributed by atoms with Gasteiger partial charge in [0, 0.05) is 15.1 Å². The van der Waals surface area contributed by atoms with Gasteiger partial charge in [-0.2, -0.15) is 0 Å². The van der Waals surface area contributed by atoms with Crippen molar-refractivity contribution in [1.82, 2.24) is 5.16 Å². The number of aromatic nitrogens is 1. The quantitative estimate of drug-likeness (QED) is 0.671. The van der Waals surface area contributed by atoms with Gasteiger partial charge >= 0.3 is 0 Å². The summed E-state index contributed by atoms with van der Waals surface area (Å²) in [5.74, 6) is 1.01. The zero-order valence-electron chi connectivity index (χ0n) is 11.2. The van der Waals surface area contributed by atoms with E-state index in [2.05, 4.69) is 21.1 Å². The molecule has 0 fully saturated rings. The molecule has 0 aliphatic heterocycles. The van der Waals surface area contributed by atoms with Gasteiger partial charge in [0.2, 0.25) is 0 Å². The standard InChI is InChI=1S/C16H12BrClN2O/c1-9-7-11(17)5-6-13(9)15-14(16(19)20-21-15)10-3-2-4-12(18)8-10/h2-8H,1H3,(H2,19,20). The first-order chi connectivity index (χ1) is 10.1. The molecule has 21 heavy (non-hydrogen) atoms. The van der Waals surface area contributed by atoms with Crippen molar-refractivity contribution in [3.8, 4) is 22.5 Å². The predicted molar refractivity (Wildman–Crippen MR) is 89.2 cm³/mol. The fourth-order valence-corrected chi connectivity index (χ4v) is 2.96. The van der Waals surface area contributed by atoms with Crippen molar-refractivity contribution in [3.05, 3.63) is 57.5 Å². The van der Waals surface area contributed by atoms with Gasteiger partial charge in [0.25, 0.3) is 0 Å². The van der Waals surface area contributed by atoms with E-state index < -0.39 is 0 Å². The zero-order chi connectivity index (χ0) is 15.0. The van der Waals surface area contributed by atoms with Crippen molar-refractivity contribution in [1.29, 1.82) is 0 Å². The molecule has 0 atom stereocenters. The number of rotatable bonds is 2. The largest absolute Gasteiger partial charge is 0.380 e. The SMILES string of the molecule is Cc1cc(Br)ccc1-c1onc(N)c1-c1cccc(Cl)c1. The topological polar surface area (TPSA) is 52.0 Å². The van der Waals surface area contributed by atoms with E-state index >= 15 is 0 Å². The Morgan fingerprint density at radius 1 is 1.19 bits per heavy atom. The molecule has 0 saturated heterocycles. The van der Waals surface area contributed by atoms with E-state index in [-0.39, 0.29) is 0 Å². The highest BCUT2D eigenvalue weighted by Crippen LogP contribution is 2.39. The first kappa shape index (κ1) is 14.2. The molecule has 0 unspecified atom stereocenters. The maximum Gasteiger partial charge on any atom is 0.177 e. The van der Waals surface area contributed by atoms with Gasteiger partial charge in [-0.25, -0.2) is 0 Å². The Kier molecular flexibility index (Phi) is 3.74. The lowest BCUT2D eigenvalue weighted by Gasteiger charge is -2.06. The normalized spacial score (nSPS) is 10.8. The fourth-order valence-electron chi connectivity index (χ4n) is 2.29. The minimum absolute atomic E-state index is 0.356. The fraction of sp³-hybridized carbons (Fsp3) is 0.0625. The lowest BCUT2D eigenvalue weighted by atomic mass is 9.99. The van der Waals surface area contributed by atoms with Gasteiger partial charge in [0.05, 0.1) is 5.56 Å². The molecule has 2 N–H and O–H groups in total. The molecule has 2 aromatic carbocycles. The van der Waals surface area contributed by atoms with Crippen LogP contribution in [0.3, 0.4) is 0 Å². The first-order valence-electron chi connectivity index (χ1n) is 6.34. The summed E-state index contributed by atoms with van der Waals surface area (Å²) < 4.78 is 6.48. The van der Waals surface area contributed by atoms with E-state index in [0.717, 1.165) is 26.7 Å². The molecule has 0 bridgehead atoms. The summed E-state index contributed by atoms with van der Waals surface area (Å²) in [7, 11) is 0. The minimum Gasteiger partial charge on any atom is -0.380 e. The van der Waals surface area contributed by atoms with Crippen LogP contribution >= 0.6 is 27.5 Å². The van der Waals surface area contributed by atoms with Crippen LogP contribution in [0, 0.1) is 6.92 Å². The Labute approximate surface area is 135 Å². The summed E-state index contributed by atoms with van der Waals surface area (Å²) in [6.07, 6.45) is 0. The van der Waals surface area contributed by atoms with E-state index in [4.69, 9.17) is 21.9 Å². The smallest absolute Gasteiger partial charge is 0.177 e. The third kappa shape index (κ3) is 2.69. The van der Waals surface area contributed by atoms with Crippen LogP contribution in [0.4, 0.5) is 5.82 Å². The molecular weight excluding hydrogens is 352 g/mol. The van der Waals surface area contributed by atoms with E-state index in [1.807, 2.05) is 49.4 Å². The minimum atomic E-state index is 0.356. The summed E-state index contributed by atoms with van der Waals surface area (Å²) in [5.41, 5.74) is 9.67. The molecule has 3 rings (SSSR count). The van der Waals surface area contributed by atoms with Crippen LogP contribution in [0.5, 0.6) is 0 Å².